The number of ether oxygens (including phenoxy) is 2. The standard InChI is InChI=1S/C16H22ClNO2/c1-19-13-6-3-11(14(17)15(13)20-2)9-18-10-16(7-8-16)12-4-5-12/h3,6,12,18H,4-5,7-10H2,1-2H3. The summed E-state index contributed by atoms with van der Waals surface area (Å²) < 4.78 is 10.6. The minimum Gasteiger partial charge on any atom is -0.493 e. The maximum absolute atomic E-state index is 6.39. The van der Waals surface area contributed by atoms with Gasteiger partial charge < -0.3 is 14.8 Å². The molecule has 3 nitrogen and oxygen atoms in total. The first-order chi connectivity index (χ1) is 9.70. The third-order valence-electron chi connectivity index (χ3n) is 4.69. The molecule has 0 bridgehead atoms. The number of halogens is 1. The van der Waals surface area contributed by atoms with Crippen LogP contribution < -0.4 is 14.8 Å². The predicted molar refractivity (Wildman–Crippen MR) is 80.7 cm³/mol. The van der Waals surface area contributed by atoms with Gasteiger partial charge in [-0.05, 0) is 48.6 Å². The van der Waals surface area contributed by atoms with E-state index in [1.807, 2.05) is 12.1 Å². The normalized spacial score (nSPS) is 19.8. The van der Waals surface area contributed by atoms with Crippen LogP contribution in [0.4, 0.5) is 0 Å². The van der Waals surface area contributed by atoms with Crippen molar-refractivity contribution in [3.05, 3.63) is 22.7 Å². The molecular weight excluding hydrogens is 274 g/mol. The molecule has 0 spiro atoms. The highest BCUT2D eigenvalue weighted by Gasteiger charge is 2.53. The topological polar surface area (TPSA) is 30.5 Å². The van der Waals surface area contributed by atoms with Crippen molar-refractivity contribution in [1.82, 2.24) is 5.32 Å². The summed E-state index contributed by atoms with van der Waals surface area (Å²) in [4.78, 5) is 0. The Morgan fingerprint density at radius 3 is 2.55 bits per heavy atom. The molecule has 0 heterocycles. The second kappa shape index (κ2) is 5.45. The third kappa shape index (κ3) is 2.61. The van der Waals surface area contributed by atoms with Gasteiger partial charge in [-0.3, -0.25) is 0 Å². The van der Waals surface area contributed by atoms with Crippen molar-refractivity contribution in [2.75, 3.05) is 20.8 Å². The van der Waals surface area contributed by atoms with Crippen molar-refractivity contribution in [3.8, 4) is 11.5 Å². The van der Waals surface area contributed by atoms with E-state index in [1.165, 1.54) is 25.7 Å². The van der Waals surface area contributed by atoms with Crippen LogP contribution in [0.5, 0.6) is 11.5 Å². The Morgan fingerprint density at radius 2 is 2.00 bits per heavy atom. The molecule has 20 heavy (non-hydrogen) atoms. The van der Waals surface area contributed by atoms with Gasteiger partial charge in [0.25, 0.3) is 0 Å². The number of rotatable bonds is 7. The highest BCUT2D eigenvalue weighted by Crippen LogP contribution is 2.60. The van der Waals surface area contributed by atoms with Gasteiger partial charge in [-0.1, -0.05) is 17.7 Å². The Labute approximate surface area is 125 Å². The smallest absolute Gasteiger partial charge is 0.179 e. The Bertz CT molecular complexity index is 495. The fourth-order valence-electron chi connectivity index (χ4n) is 3.10. The molecule has 0 aliphatic heterocycles. The summed E-state index contributed by atoms with van der Waals surface area (Å²) >= 11 is 6.39. The first kappa shape index (κ1) is 14.0. The van der Waals surface area contributed by atoms with E-state index in [0.717, 1.165) is 24.6 Å². The van der Waals surface area contributed by atoms with Crippen LogP contribution in [0, 0.1) is 11.3 Å². The molecule has 0 atom stereocenters. The lowest BCUT2D eigenvalue weighted by Gasteiger charge is -2.17. The van der Waals surface area contributed by atoms with Crippen molar-refractivity contribution < 1.29 is 9.47 Å². The summed E-state index contributed by atoms with van der Waals surface area (Å²) in [6, 6.07) is 3.92. The van der Waals surface area contributed by atoms with Crippen molar-refractivity contribution in [1.29, 1.82) is 0 Å². The van der Waals surface area contributed by atoms with Gasteiger partial charge >= 0.3 is 0 Å². The van der Waals surface area contributed by atoms with Crippen LogP contribution in [0.25, 0.3) is 0 Å². The van der Waals surface area contributed by atoms with Crippen LogP contribution in [0.3, 0.4) is 0 Å². The Morgan fingerprint density at radius 1 is 1.25 bits per heavy atom. The molecule has 3 rings (SSSR count). The molecule has 0 unspecified atom stereocenters. The molecule has 0 radical (unpaired) electrons. The van der Waals surface area contributed by atoms with Crippen LogP contribution in [0.1, 0.15) is 31.2 Å². The summed E-state index contributed by atoms with van der Waals surface area (Å²) in [6.07, 6.45) is 5.65. The first-order valence-electron chi connectivity index (χ1n) is 7.30. The largest absolute Gasteiger partial charge is 0.493 e. The quantitative estimate of drug-likeness (QED) is 0.833. The summed E-state index contributed by atoms with van der Waals surface area (Å²) in [5.41, 5.74) is 1.68. The minimum atomic E-state index is 0.614. The van der Waals surface area contributed by atoms with Gasteiger partial charge in [0.05, 0.1) is 19.2 Å². The molecule has 1 aromatic rings. The number of hydrogen-bond acceptors (Lipinski definition) is 3. The van der Waals surface area contributed by atoms with Crippen molar-refractivity contribution >= 4 is 11.6 Å². The molecule has 0 amide bonds. The molecular formula is C16H22ClNO2. The highest BCUT2D eigenvalue weighted by molar-refractivity contribution is 6.33. The fraction of sp³-hybridized carbons (Fsp3) is 0.625. The number of benzene rings is 1. The predicted octanol–water partition coefficient (Wildman–Crippen LogP) is 3.64. The van der Waals surface area contributed by atoms with Crippen molar-refractivity contribution in [3.63, 3.8) is 0 Å². The van der Waals surface area contributed by atoms with E-state index in [9.17, 15) is 0 Å². The summed E-state index contributed by atoms with van der Waals surface area (Å²) in [5, 5.41) is 4.22. The second-order valence-electron chi connectivity index (χ2n) is 6.01. The minimum absolute atomic E-state index is 0.614. The molecule has 0 aromatic heterocycles. The van der Waals surface area contributed by atoms with E-state index in [1.54, 1.807) is 14.2 Å². The third-order valence-corrected chi connectivity index (χ3v) is 5.11. The molecule has 1 N–H and O–H groups in total. The zero-order valence-corrected chi connectivity index (χ0v) is 12.9. The van der Waals surface area contributed by atoms with Crippen LogP contribution in [0.2, 0.25) is 5.02 Å². The second-order valence-corrected chi connectivity index (χ2v) is 6.39. The number of nitrogens with one attached hydrogen (secondary N) is 1. The monoisotopic (exact) mass is 295 g/mol. The van der Waals surface area contributed by atoms with Crippen LogP contribution in [-0.4, -0.2) is 20.8 Å². The van der Waals surface area contributed by atoms with Crippen LogP contribution in [0.15, 0.2) is 12.1 Å². The SMILES string of the molecule is COc1ccc(CNCC2(C3CC3)CC2)c(Cl)c1OC. The van der Waals surface area contributed by atoms with E-state index in [2.05, 4.69) is 5.32 Å². The van der Waals surface area contributed by atoms with Gasteiger partial charge in [-0.2, -0.15) is 0 Å². The van der Waals surface area contributed by atoms with Gasteiger partial charge in [0.15, 0.2) is 11.5 Å². The molecule has 2 aliphatic rings. The van der Waals surface area contributed by atoms with Crippen LogP contribution in [-0.2, 0) is 6.54 Å². The van der Waals surface area contributed by atoms with E-state index < -0.39 is 0 Å². The number of methoxy groups -OCH3 is 2. The van der Waals surface area contributed by atoms with Gasteiger partial charge in [0, 0.05) is 13.1 Å². The van der Waals surface area contributed by atoms with Crippen molar-refractivity contribution in [2.24, 2.45) is 11.3 Å². The summed E-state index contributed by atoms with van der Waals surface area (Å²) in [7, 11) is 3.24. The first-order valence-corrected chi connectivity index (χ1v) is 7.68. The summed E-state index contributed by atoms with van der Waals surface area (Å²) in [6.45, 7) is 1.90. The Kier molecular flexibility index (Phi) is 3.83. The fourth-order valence-corrected chi connectivity index (χ4v) is 3.40. The lowest BCUT2D eigenvalue weighted by molar-refractivity contribution is 0.354. The Balaban J connectivity index is 1.62. The Hall–Kier alpha value is -0.930. The molecule has 2 aliphatic carbocycles. The number of hydrogen-bond donors (Lipinski definition) is 1. The highest BCUT2D eigenvalue weighted by atomic mass is 35.5. The van der Waals surface area contributed by atoms with E-state index in [0.29, 0.717) is 21.9 Å². The molecule has 4 heteroatoms. The van der Waals surface area contributed by atoms with Crippen molar-refractivity contribution in [2.45, 2.75) is 32.2 Å². The molecule has 0 saturated heterocycles. The van der Waals surface area contributed by atoms with Gasteiger partial charge in [-0.25, -0.2) is 0 Å². The maximum atomic E-state index is 6.39. The molecule has 110 valence electrons. The average Bonchev–Trinajstić information content (AvgIpc) is 3.32. The molecule has 2 saturated carbocycles. The lowest BCUT2D eigenvalue weighted by atomic mass is 10.0. The van der Waals surface area contributed by atoms with Crippen LogP contribution >= 0.6 is 11.6 Å². The van der Waals surface area contributed by atoms with Gasteiger partial charge in [0.1, 0.15) is 0 Å². The average molecular weight is 296 g/mol. The van der Waals surface area contributed by atoms with Gasteiger partial charge in [0.2, 0.25) is 0 Å². The lowest BCUT2D eigenvalue weighted by Crippen LogP contribution is -2.25. The van der Waals surface area contributed by atoms with E-state index in [4.69, 9.17) is 21.1 Å². The molecule has 1 aromatic carbocycles. The zero-order chi connectivity index (χ0) is 14.2. The summed E-state index contributed by atoms with van der Waals surface area (Å²) in [5.74, 6) is 2.28. The zero-order valence-electron chi connectivity index (χ0n) is 12.2. The van der Waals surface area contributed by atoms with E-state index >= 15 is 0 Å². The van der Waals surface area contributed by atoms with E-state index in [-0.39, 0.29) is 0 Å². The maximum Gasteiger partial charge on any atom is 0.179 e. The van der Waals surface area contributed by atoms with Gasteiger partial charge in [-0.15, -0.1) is 0 Å². The molecule has 2 fully saturated rings.